The molecule has 2 aromatic carbocycles. The average Bonchev–Trinajstić information content (AvgIpc) is 3.09. The Balaban J connectivity index is 1.85. The zero-order valence-electron chi connectivity index (χ0n) is 18.1. The summed E-state index contributed by atoms with van der Waals surface area (Å²) in [4.78, 5) is 19.1. The van der Waals surface area contributed by atoms with Gasteiger partial charge in [0.2, 0.25) is 0 Å². The number of nitrogens with one attached hydrogen (secondary N) is 1. The van der Waals surface area contributed by atoms with Crippen LogP contribution in [-0.4, -0.2) is 25.1 Å². The Morgan fingerprint density at radius 1 is 1.09 bits per heavy atom. The SMILES string of the molecule is COc1ccc(-c2cc(C(=O)Nc3sc(C)c(C)c3C#N)c3ccccc3n2)c(OC)c1. The van der Waals surface area contributed by atoms with Crippen LogP contribution >= 0.6 is 11.3 Å². The molecule has 0 radical (unpaired) electrons. The van der Waals surface area contributed by atoms with Gasteiger partial charge in [-0.3, -0.25) is 4.79 Å². The molecule has 0 unspecified atom stereocenters. The van der Waals surface area contributed by atoms with Gasteiger partial charge in [-0.1, -0.05) is 18.2 Å². The fraction of sp³-hybridized carbons (Fsp3) is 0.160. The van der Waals surface area contributed by atoms with Crippen LogP contribution in [0.2, 0.25) is 0 Å². The molecular formula is C25H21N3O3S. The number of carbonyl (C=O) groups excluding carboxylic acids is 1. The molecule has 0 aliphatic heterocycles. The van der Waals surface area contributed by atoms with Gasteiger partial charge in [-0.15, -0.1) is 11.3 Å². The molecule has 0 atom stereocenters. The van der Waals surface area contributed by atoms with E-state index in [1.807, 2.05) is 50.2 Å². The van der Waals surface area contributed by atoms with Crippen LogP contribution in [-0.2, 0) is 0 Å². The summed E-state index contributed by atoms with van der Waals surface area (Å²) in [6, 6.07) is 16.9. The third-order valence-electron chi connectivity index (χ3n) is 5.37. The number of carbonyl (C=O) groups is 1. The molecule has 2 aromatic heterocycles. The first-order valence-corrected chi connectivity index (χ1v) is 10.7. The van der Waals surface area contributed by atoms with Crippen LogP contribution < -0.4 is 14.8 Å². The summed E-state index contributed by atoms with van der Waals surface area (Å²) in [6.07, 6.45) is 0. The molecule has 0 saturated heterocycles. The van der Waals surface area contributed by atoms with E-state index in [0.717, 1.165) is 21.4 Å². The number of benzene rings is 2. The van der Waals surface area contributed by atoms with Gasteiger partial charge in [0.1, 0.15) is 22.6 Å². The molecule has 0 aliphatic rings. The smallest absolute Gasteiger partial charge is 0.257 e. The number of para-hydroxylation sites is 1. The molecule has 0 spiro atoms. The van der Waals surface area contributed by atoms with Crippen molar-refractivity contribution >= 4 is 33.1 Å². The monoisotopic (exact) mass is 443 g/mol. The van der Waals surface area contributed by atoms with E-state index in [1.165, 1.54) is 11.3 Å². The molecule has 32 heavy (non-hydrogen) atoms. The van der Waals surface area contributed by atoms with Gasteiger partial charge in [0.25, 0.3) is 5.91 Å². The number of aromatic nitrogens is 1. The van der Waals surface area contributed by atoms with E-state index in [9.17, 15) is 10.1 Å². The topological polar surface area (TPSA) is 84.2 Å². The Bertz CT molecular complexity index is 1390. The predicted octanol–water partition coefficient (Wildman–Crippen LogP) is 5.72. The summed E-state index contributed by atoms with van der Waals surface area (Å²) < 4.78 is 10.8. The van der Waals surface area contributed by atoms with E-state index in [1.54, 1.807) is 26.4 Å². The number of methoxy groups -OCH3 is 2. The lowest BCUT2D eigenvalue weighted by Crippen LogP contribution is -2.13. The number of rotatable bonds is 5. The van der Waals surface area contributed by atoms with Crippen LogP contribution in [0.4, 0.5) is 5.00 Å². The maximum Gasteiger partial charge on any atom is 0.257 e. The number of hydrogen-bond acceptors (Lipinski definition) is 6. The lowest BCUT2D eigenvalue weighted by molar-refractivity contribution is 0.102. The highest BCUT2D eigenvalue weighted by atomic mass is 32.1. The summed E-state index contributed by atoms with van der Waals surface area (Å²) in [5.74, 6) is 0.960. The Morgan fingerprint density at radius 3 is 2.59 bits per heavy atom. The van der Waals surface area contributed by atoms with Crippen molar-refractivity contribution < 1.29 is 14.3 Å². The number of amides is 1. The zero-order chi connectivity index (χ0) is 22.8. The number of fused-ring (bicyclic) bond motifs is 1. The lowest BCUT2D eigenvalue weighted by Gasteiger charge is -2.13. The molecule has 2 heterocycles. The van der Waals surface area contributed by atoms with Crippen LogP contribution in [0, 0.1) is 25.2 Å². The van der Waals surface area contributed by atoms with Crippen LogP contribution in [0.5, 0.6) is 11.5 Å². The number of pyridine rings is 1. The summed E-state index contributed by atoms with van der Waals surface area (Å²) in [7, 11) is 3.17. The van der Waals surface area contributed by atoms with E-state index in [2.05, 4.69) is 11.4 Å². The summed E-state index contributed by atoms with van der Waals surface area (Å²) >= 11 is 1.40. The Morgan fingerprint density at radius 2 is 1.88 bits per heavy atom. The number of thiophene rings is 1. The summed E-state index contributed by atoms with van der Waals surface area (Å²) in [5.41, 5.74) is 3.89. The van der Waals surface area contributed by atoms with Crippen molar-refractivity contribution in [3.63, 3.8) is 0 Å². The molecule has 0 fully saturated rings. The maximum atomic E-state index is 13.4. The second kappa shape index (κ2) is 8.69. The quantitative estimate of drug-likeness (QED) is 0.426. The van der Waals surface area contributed by atoms with Gasteiger partial charge in [0.15, 0.2) is 0 Å². The van der Waals surface area contributed by atoms with Crippen LogP contribution in [0.15, 0.2) is 48.5 Å². The fourth-order valence-corrected chi connectivity index (χ4v) is 4.54. The molecule has 0 saturated carbocycles. The highest BCUT2D eigenvalue weighted by Gasteiger charge is 2.19. The van der Waals surface area contributed by atoms with Gasteiger partial charge < -0.3 is 14.8 Å². The zero-order valence-corrected chi connectivity index (χ0v) is 19.0. The molecule has 6 nitrogen and oxygen atoms in total. The molecule has 1 N–H and O–H groups in total. The molecule has 1 amide bonds. The Labute approximate surface area is 190 Å². The number of hydrogen-bond donors (Lipinski definition) is 1. The molecular weight excluding hydrogens is 422 g/mol. The van der Waals surface area contributed by atoms with Gasteiger partial charge in [-0.2, -0.15) is 5.26 Å². The van der Waals surface area contributed by atoms with E-state index in [4.69, 9.17) is 14.5 Å². The summed E-state index contributed by atoms with van der Waals surface area (Å²) in [6.45, 7) is 3.82. The third-order valence-corrected chi connectivity index (χ3v) is 6.49. The van der Waals surface area contributed by atoms with Crippen molar-refractivity contribution in [3.8, 4) is 28.8 Å². The lowest BCUT2D eigenvalue weighted by atomic mass is 10.0. The number of ether oxygens (including phenoxy) is 2. The number of anilines is 1. The Hall–Kier alpha value is -3.89. The van der Waals surface area contributed by atoms with Gasteiger partial charge in [0.05, 0.1) is 36.6 Å². The Kier molecular flexibility index (Phi) is 5.80. The molecule has 7 heteroatoms. The van der Waals surface area contributed by atoms with Gasteiger partial charge >= 0.3 is 0 Å². The highest BCUT2D eigenvalue weighted by Crippen LogP contribution is 2.35. The first kappa shape index (κ1) is 21.3. The average molecular weight is 444 g/mol. The van der Waals surface area contributed by atoms with E-state index in [0.29, 0.717) is 38.8 Å². The van der Waals surface area contributed by atoms with Crippen molar-refractivity contribution in [2.75, 3.05) is 19.5 Å². The minimum atomic E-state index is -0.296. The predicted molar refractivity (Wildman–Crippen MR) is 127 cm³/mol. The van der Waals surface area contributed by atoms with Gasteiger partial charge in [-0.05, 0) is 43.7 Å². The summed E-state index contributed by atoms with van der Waals surface area (Å²) in [5, 5.41) is 13.7. The fourth-order valence-electron chi connectivity index (χ4n) is 3.53. The van der Waals surface area contributed by atoms with Crippen molar-refractivity contribution in [1.29, 1.82) is 5.26 Å². The van der Waals surface area contributed by atoms with E-state index < -0.39 is 0 Å². The van der Waals surface area contributed by atoms with Crippen molar-refractivity contribution in [3.05, 3.63) is 70.1 Å². The third kappa shape index (κ3) is 3.77. The number of aryl methyl sites for hydroxylation is 1. The second-order valence-electron chi connectivity index (χ2n) is 7.19. The largest absolute Gasteiger partial charge is 0.497 e. The molecule has 160 valence electrons. The van der Waals surface area contributed by atoms with Gasteiger partial charge in [0, 0.05) is 21.9 Å². The van der Waals surface area contributed by atoms with Crippen molar-refractivity contribution in [2.45, 2.75) is 13.8 Å². The van der Waals surface area contributed by atoms with E-state index >= 15 is 0 Å². The number of nitriles is 1. The van der Waals surface area contributed by atoms with Crippen LogP contribution in [0.3, 0.4) is 0 Å². The first-order valence-electron chi connectivity index (χ1n) is 9.90. The van der Waals surface area contributed by atoms with E-state index in [-0.39, 0.29) is 5.91 Å². The van der Waals surface area contributed by atoms with Crippen molar-refractivity contribution in [1.82, 2.24) is 4.98 Å². The van der Waals surface area contributed by atoms with Crippen molar-refractivity contribution in [2.24, 2.45) is 0 Å². The highest BCUT2D eigenvalue weighted by molar-refractivity contribution is 7.16. The standard InChI is InChI=1S/C25H21N3O3S/c1-14-15(2)32-25(20(14)13-26)28-24(29)19-12-22(27-21-8-6-5-7-17(19)21)18-10-9-16(30-3)11-23(18)31-4/h5-12H,1-4H3,(H,28,29). The maximum absolute atomic E-state index is 13.4. The van der Waals surface area contributed by atoms with Crippen LogP contribution in [0.1, 0.15) is 26.4 Å². The normalized spacial score (nSPS) is 10.6. The molecule has 4 rings (SSSR count). The molecule has 0 aliphatic carbocycles. The minimum absolute atomic E-state index is 0.296. The number of nitrogens with zero attached hydrogens (tertiary/aromatic N) is 2. The first-order chi connectivity index (χ1) is 15.5. The van der Waals surface area contributed by atoms with Crippen LogP contribution in [0.25, 0.3) is 22.2 Å². The van der Waals surface area contributed by atoms with Gasteiger partial charge in [-0.25, -0.2) is 4.98 Å². The molecule has 0 bridgehead atoms. The molecule has 4 aromatic rings. The minimum Gasteiger partial charge on any atom is -0.497 e. The second-order valence-corrected chi connectivity index (χ2v) is 8.42.